The number of anilines is 1. The number of ether oxygens (including phenoxy) is 1. The van der Waals surface area contributed by atoms with Gasteiger partial charge in [-0.3, -0.25) is 10.1 Å². The molecular formula is C12H19N3O3. The normalized spacial score (nSPS) is 12.5. The van der Waals surface area contributed by atoms with Gasteiger partial charge in [-0.2, -0.15) is 0 Å². The van der Waals surface area contributed by atoms with Crippen molar-refractivity contribution in [3.63, 3.8) is 0 Å². The third-order valence-corrected chi connectivity index (χ3v) is 2.78. The van der Waals surface area contributed by atoms with Crippen LogP contribution in [0.5, 0.6) is 0 Å². The number of methoxy groups -OCH3 is 1. The van der Waals surface area contributed by atoms with Gasteiger partial charge in [-0.15, -0.1) is 0 Å². The molecule has 0 aromatic carbocycles. The third-order valence-electron chi connectivity index (χ3n) is 2.78. The fourth-order valence-electron chi connectivity index (χ4n) is 1.64. The van der Waals surface area contributed by atoms with Crippen LogP contribution in [0.3, 0.4) is 0 Å². The first-order valence-electron chi connectivity index (χ1n) is 5.82. The van der Waals surface area contributed by atoms with E-state index in [0.717, 1.165) is 0 Å². The molecule has 0 bridgehead atoms. The standard InChI is InChI=1S/C12H19N3O3/c1-8(2)10(7-18-4)14-12-11(15(16)17)9(3)5-6-13-12/h5-6,8,10H,7H2,1-4H3,(H,13,14). The highest BCUT2D eigenvalue weighted by Crippen LogP contribution is 2.26. The molecule has 0 aliphatic carbocycles. The van der Waals surface area contributed by atoms with Gasteiger partial charge in [0.05, 0.1) is 17.6 Å². The van der Waals surface area contributed by atoms with Gasteiger partial charge in [-0.05, 0) is 18.9 Å². The van der Waals surface area contributed by atoms with Crippen LogP contribution in [0.2, 0.25) is 0 Å². The highest BCUT2D eigenvalue weighted by Gasteiger charge is 2.22. The molecule has 1 rings (SSSR count). The molecule has 1 aromatic heterocycles. The van der Waals surface area contributed by atoms with Crippen LogP contribution in [0.25, 0.3) is 0 Å². The zero-order valence-corrected chi connectivity index (χ0v) is 11.1. The Kier molecular flexibility index (Phi) is 5.03. The molecule has 0 spiro atoms. The molecule has 0 amide bonds. The van der Waals surface area contributed by atoms with Crippen LogP contribution in [0.15, 0.2) is 12.3 Å². The fraction of sp³-hybridized carbons (Fsp3) is 0.583. The van der Waals surface area contributed by atoms with Crippen molar-refractivity contribution in [2.45, 2.75) is 26.8 Å². The van der Waals surface area contributed by atoms with Gasteiger partial charge >= 0.3 is 5.69 Å². The summed E-state index contributed by atoms with van der Waals surface area (Å²) in [4.78, 5) is 14.7. The van der Waals surface area contributed by atoms with Gasteiger partial charge in [0.25, 0.3) is 0 Å². The van der Waals surface area contributed by atoms with Crippen molar-refractivity contribution >= 4 is 11.5 Å². The average Bonchev–Trinajstić information content (AvgIpc) is 2.27. The number of aromatic nitrogens is 1. The van der Waals surface area contributed by atoms with E-state index in [1.165, 1.54) is 0 Å². The van der Waals surface area contributed by atoms with Gasteiger partial charge in [-0.1, -0.05) is 13.8 Å². The molecule has 0 aliphatic heterocycles. The summed E-state index contributed by atoms with van der Waals surface area (Å²) in [6.07, 6.45) is 1.56. The van der Waals surface area contributed by atoms with Crippen LogP contribution in [0.4, 0.5) is 11.5 Å². The third kappa shape index (κ3) is 3.40. The first-order valence-corrected chi connectivity index (χ1v) is 5.82. The maximum atomic E-state index is 11.0. The molecule has 1 N–H and O–H groups in total. The highest BCUT2D eigenvalue weighted by atomic mass is 16.6. The summed E-state index contributed by atoms with van der Waals surface area (Å²) in [6.45, 7) is 6.23. The number of pyridine rings is 1. The molecule has 100 valence electrons. The summed E-state index contributed by atoms with van der Waals surface area (Å²) in [6, 6.07) is 1.62. The van der Waals surface area contributed by atoms with E-state index in [1.54, 1.807) is 26.3 Å². The minimum Gasteiger partial charge on any atom is -0.383 e. The lowest BCUT2D eigenvalue weighted by atomic mass is 10.1. The lowest BCUT2D eigenvalue weighted by molar-refractivity contribution is -0.384. The Bertz CT molecular complexity index is 421. The van der Waals surface area contributed by atoms with Crippen molar-refractivity contribution in [3.05, 3.63) is 27.9 Å². The molecule has 1 aromatic rings. The van der Waals surface area contributed by atoms with Crippen LogP contribution in [-0.4, -0.2) is 29.7 Å². The predicted molar refractivity (Wildman–Crippen MR) is 69.8 cm³/mol. The summed E-state index contributed by atoms with van der Waals surface area (Å²) >= 11 is 0. The smallest absolute Gasteiger partial charge is 0.314 e. The molecular weight excluding hydrogens is 234 g/mol. The van der Waals surface area contributed by atoms with E-state index >= 15 is 0 Å². The van der Waals surface area contributed by atoms with E-state index in [4.69, 9.17) is 4.74 Å². The van der Waals surface area contributed by atoms with E-state index in [0.29, 0.717) is 18.0 Å². The summed E-state index contributed by atoms with van der Waals surface area (Å²) in [5.74, 6) is 0.586. The van der Waals surface area contributed by atoms with E-state index in [2.05, 4.69) is 10.3 Å². The predicted octanol–water partition coefficient (Wildman–Crippen LogP) is 2.38. The molecule has 6 nitrogen and oxygen atoms in total. The van der Waals surface area contributed by atoms with Crippen LogP contribution in [0.1, 0.15) is 19.4 Å². The Morgan fingerprint density at radius 1 is 1.56 bits per heavy atom. The largest absolute Gasteiger partial charge is 0.383 e. The van der Waals surface area contributed by atoms with Gasteiger partial charge in [-0.25, -0.2) is 4.98 Å². The molecule has 0 radical (unpaired) electrons. The number of hydrogen-bond donors (Lipinski definition) is 1. The zero-order chi connectivity index (χ0) is 13.7. The topological polar surface area (TPSA) is 77.3 Å². The van der Waals surface area contributed by atoms with E-state index in [9.17, 15) is 10.1 Å². The molecule has 0 saturated carbocycles. The molecule has 18 heavy (non-hydrogen) atoms. The van der Waals surface area contributed by atoms with E-state index < -0.39 is 4.92 Å². The quantitative estimate of drug-likeness (QED) is 0.622. The number of rotatable bonds is 6. The summed E-state index contributed by atoms with van der Waals surface area (Å²) < 4.78 is 5.11. The lowest BCUT2D eigenvalue weighted by Gasteiger charge is -2.22. The van der Waals surface area contributed by atoms with Crippen molar-refractivity contribution in [1.29, 1.82) is 0 Å². The minimum atomic E-state index is -0.408. The first-order chi connectivity index (χ1) is 8.47. The van der Waals surface area contributed by atoms with Crippen molar-refractivity contribution in [2.24, 2.45) is 5.92 Å². The highest BCUT2D eigenvalue weighted by molar-refractivity contribution is 5.60. The zero-order valence-electron chi connectivity index (χ0n) is 11.1. The average molecular weight is 253 g/mol. The fourth-order valence-corrected chi connectivity index (χ4v) is 1.64. The van der Waals surface area contributed by atoms with Gasteiger partial charge in [0.15, 0.2) is 0 Å². The molecule has 6 heteroatoms. The molecule has 1 heterocycles. The van der Waals surface area contributed by atoms with Crippen LogP contribution in [-0.2, 0) is 4.74 Å². The van der Waals surface area contributed by atoms with Crippen LogP contribution in [0, 0.1) is 23.0 Å². The maximum Gasteiger partial charge on any atom is 0.314 e. The molecule has 0 saturated heterocycles. The minimum absolute atomic E-state index is 0.0111. The monoisotopic (exact) mass is 253 g/mol. The number of nitro groups is 1. The second-order valence-electron chi connectivity index (χ2n) is 4.53. The molecule has 1 unspecified atom stereocenters. The maximum absolute atomic E-state index is 11.0. The van der Waals surface area contributed by atoms with Gasteiger partial charge in [0.2, 0.25) is 5.82 Å². The number of hydrogen-bond acceptors (Lipinski definition) is 5. The van der Waals surface area contributed by atoms with Gasteiger partial charge in [0, 0.05) is 18.9 Å². The Labute approximate surface area is 107 Å². The SMILES string of the molecule is COCC(Nc1nccc(C)c1[N+](=O)[O-])C(C)C. The Balaban J connectivity index is 3.02. The Morgan fingerprint density at radius 3 is 2.72 bits per heavy atom. The van der Waals surface area contributed by atoms with E-state index in [1.807, 2.05) is 13.8 Å². The second kappa shape index (κ2) is 6.30. The molecule has 0 fully saturated rings. The Morgan fingerprint density at radius 2 is 2.22 bits per heavy atom. The van der Waals surface area contributed by atoms with Gasteiger partial charge in [0.1, 0.15) is 0 Å². The van der Waals surface area contributed by atoms with Crippen LogP contribution < -0.4 is 5.32 Å². The van der Waals surface area contributed by atoms with Crippen molar-refractivity contribution in [3.8, 4) is 0 Å². The van der Waals surface area contributed by atoms with Crippen molar-refractivity contribution < 1.29 is 9.66 Å². The number of nitrogens with one attached hydrogen (secondary N) is 1. The van der Waals surface area contributed by atoms with E-state index in [-0.39, 0.29) is 17.6 Å². The Hall–Kier alpha value is -1.69. The first kappa shape index (κ1) is 14.4. The molecule has 0 aliphatic rings. The summed E-state index contributed by atoms with van der Waals surface area (Å²) in [7, 11) is 1.61. The molecule has 1 atom stereocenters. The van der Waals surface area contributed by atoms with Crippen LogP contribution >= 0.6 is 0 Å². The van der Waals surface area contributed by atoms with Gasteiger partial charge < -0.3 is 10.1 Å². The van der Waals surface area contributed by atoms with Crippen molar-refractivity contribution in [1.82, 2.24) is 4.98 Å². The number of aryl methyl sites for hydroxylation is 1. The summed E-state index contributed by atoms with van der Waals surface area (Å²) in [5, 5.41) is 14.1. The summed E-state index contributed by atoms with van der Waals surface area (Å²) in [5.41, 5.74) is 0.622. The lowest BCUT2D eigenvalue weighted by Crippen LogP contribution is -2.31. The van der Waals surface area contributed by atoms with Crippen molar-refractivity contribution in [2.75, 3.05) is 19.0 Å². The second-order valence-corrected chi connectivity index (χ2v) is 4.53. The number of nitrogens with zero attached hydrogens (tertiary/aromatic N) is 2.